The highest BCUT2D eigenvalue weighted by Gasteiger charge is 2.30. The van der Waals surface area contributed by atoms with Crippen molar-refractivity contribution in [2.45, 2.75) is 25.1 Å². The first-order valence-electron chi connectivity index (χ1n) is 9.36. The fourth-order valence-electron chi connectivity index (χ4n) is 3.24. The quantitative estimate of drug-likeness (QED) is 0.800. The van der Waals surface area contributed by atoms with E-state index in [1.54, 1.807) is 0 Å². The molecule has 1 saturated heterocycles. The van der Waals surface area contributed by atoms with Gasteiger partial charge in [-0.2, -0.15) is 13.2 Å². The van der Waals surface area contributed by atoms with Crippen LogP contribution in [0.5, 0.6) is 0 Å². The molecule has 29 heavy (non-hydrogen) atoms. The first-order valence-corrected chi connectivity index (χ1v) is 9.36. The third-order valence-electron chi connectivity index (χ3n) is 4.82. The van der Waals surface area contributed by atoms with Crippen LogP contribution in [0.4, 0.5) is 18.9 Å². The number of para-hydroxylation sites is 1. The number of benzene rings is 2. The number of hydrogen-bond acceptors (Lipinski definition) is 3. The molecular weight excluding hydrogens is 383 g/mol. The van der Waals surface area contributed by atoms with Crippen LogP contribution in [0.25, 0.3) is 0 Å². The van der Waals surface area contributed by atoms with Crippen LogP contribution >= 0.6 is 0 Å². The Hall–Kier alpha value is -2.87. The highest BCUT2D eigenvalue weighted by atomic mass is 19.4. The molecule has 1 fully saturated rings. The predicted octanol–water partition coefficient (Wildman–Crippen LogP) is 3.54. The number of anilines is 1. The molecule has 0 bridgehead atoms. The van der Waals surface area contributed by atoms with E-state index in [0.717, 1.165) is 17.8 Å². The average Bonchev–Trinajstić information content (AvgIpc) is 2.69. The molecule has 0 saturated carbocycles. The molecule has 0 aliphatic carbocycles. The van der Waals surface area contributed by atoms with Gasteiger partial charge in [0, 0.05) is 30.4 Å². The number of nitrogens with zero attached hydrogens (tertiary/aromatic N) is 1. The van der Waals surface area contributed by atoms with Crippen molar-refractivity contribution in [3.05, 3.63) is 65.7 Å². The van der Waals surface area contributed by atoms with Crippen molar-refractivity contribution in [2.75, 3.05) is 25.0 Å². The Balaban J connectivity index is 1.43. The molecule has 8 heteroatoms. The number of amides is 2. The summed E-state index contributed by atoms with van der Waals surface area (Å²) in [4.78, 5) is 26.4. The van der Waals surface area contributed by atoms with Gasteiger partial charge >= 0.3 is 6.18 Å². The summed E-state index contributed by atoms with van der Waals surface area (Å²) in [5, 5.41) is 5.70. The van der Waals surface area contributed by atoms with Crippen molar-refractivity contribution in [3.8, 4) is 0 Å². The summed E-state index contributed by atoms with van der Waals surface area (Å²) < 4.78 is 37.8. The fourth-order valence-corrected chi connectivity index (χ4v) is 3.24. The zero-order valence-electron chi connectivity index (χ0n) is 15.7. The molecule has 3 rings (SSSR count). The highest BCUT2D eigenvalue weighted by Crippen LogP contribution is 2.29. The molecule has 0 aromatic heterocycles. The summed E-state index contributed by atoms with van der Waals surface area (Å²) in [7, 11) is 0. The molecule has 1 heterocycles. The van der Waals surface area contributed by atoms with Crippen molar-refractivity contribution < 1.29 is 22.8 Å². The number of nitrogens with one attached hydrogen (secondary N) is 2. The van der Waals surface area contributed by atoms with Crippen molar-refractivity contribution >= 4 is 17.5 Å². The number of carbonyl (C=O) groups excluding carboxylic acids is 2. The van der Waals surface area contributed by atoms with E-state index in [1.807, 2.05) is 35.2 Å². The summed E-state index contributed by atoms with van der Waals surface area (Å²) in [6, 6.07) is 13.3. The summed E-state index contributed by atoms with van der Waals surface area (Å²) in [5.41, 5.74) is 0.162. The van der Waals surface area contributed by atoms with Crippen molar-refractivity contribution in [2.24, 2.45) is 0 Å². The van der Waals surface area contributed by atoms with E-state index in [1.165, 1.54) is 12.1 Å². The smallest absolute Gasteiger partial charge is 0.349 e. The molecule has 154 valence electrons. The minimum absolute atomic E-state index is 0.0711. The molecule has 2 amide bonds. The van der Waals surface area contributed by atoms with Gasteiger partial charge in [-0.15, -0.1) is 0 Å². The molecule has 5 nitrogen and oxygen atoms in total. The number of hydrogen-bond donors (Lipinski definition) is 2. The number of piperidine rings is 1. The molecule has 2 aromatic carbocycles. The molecule has 0 unspecified atom stereocenters. The Labute approximate surface area is 166 Å². The number of rotatable bonds is 5. The van der Waals surface area contributed by atoms with E-state index in [4.69, 9.17) is 0 Å². The minimum atomic E-state index is -4.42. The second-order valence-corrected chi connectivity index (χ2v) is 7.01. The maximum atomic E-state index is 12.6. The molecule has 1 aliphatic heterocycles. The second kappa shape index (κ2) is 9.09. The monoisotopic (exact) mass is 405 g/mol. The zero-order chi connectivity index (χ0) is 20.9. The van der Waals surface area contributed by atoms with E-state index in [2.05, 4.69) is 10.6 Å². The molecular formula is C21H22F3N3O2. The van der Waals surface area contributed by atoms with Crippen LogP contribution in [0.3, 0.4) is 0 Å². The van der Waals surface area contributed by atoms with Gasteiger partial charge in [-0.1, -0.05) is 18.2 Å². The fraction of sp³-hybridized carbons (Fsp3) is 0.333. The van der Waals surface area contributed by atoms with Crippen LogP contribution < -0.4 is 10.6 Å². The first kappa shape index (κ1) is 20.9. The molecule has 0 radical (unpaired) electrons. The summed E-state index contributed by atoms with van der Waals surface area (Å²) >= 11 is 0. The first-order chi connectivity index (χ1) is 13.8. The van der Waals surface area contributed by atoms with Gasteiger partial charge in [0.15, 0.2) is 0 Å². The Kier molecular flexibility index (Phi) is 6.53. The lowest BCUT2D eigenvalue weighted by molar-refractivity contribution is -0.137. The van der Waals surface area contributed by atoms with Crippen molar-refractivity contribution in [1.82, 2.24) is 10.2 Å². The lowest BCUT2D eigenvalue weighted by atomic mass is 10.0. The van der Waals surface area contributed by atoms with Crippen LogP contribution in [-0.2, 0) is 11.0 Å². The number of carbonyl (C=O) groups is 2. The molecule has 2 N–H and O–H groups in total. The standard InChI is InChI=1S/C21H22F3N3O2/c22-21(23,24)16-8-6-15(7-9-16)20(29)26-18-10-12-27(13-11-18)14-19(28)25-17-4-2-1-3-5-17/h1-9,18H,10-14H2,(H,25,28)(H,26,29). The lowest BCUT2D eigenvalue weighted by Crippen LogP contribution is -2.46. The average molecular weight is 405 g/mol. The van der Waals surface area contributed by atoms with E-state index >= 15 is 0 Å². The number of halogens is 3. The Morgan fingerprint density at radius 1 is 0.966 bits per heavy atom. The SMILES string of the molecule is O=C(CN1CCC(NC(=O)c2ccc(C(F)(F)F)cc2)CC1)Nc1ccccc1. The maximum Gasteiger partial charge on any atom is 0.416 e. The Bertz CT molecular complexity index is 830. The normalized spacial score (nSPS) is 15.7. The third kappa shape index (κ3) is 6.05. The van der Waals surface area contributed by atoms with Crippen molar-refractivity contribution in [1.29, 1.82) is 0 Å². The Morgan fingerprint density at radius 2 is 1.59 bits per heavy atom. The summed E-state index contributed by atoms with van der Waals surface area (Å²) in [6.07, 6.45) is -3.08. The molecule has 1 aliphatic rings. The van der Waals surface area contributed by atoms with Gasteiger partial charge in [0.2, 0.25) is 5.91 Å². The number of alkyl halides is 3. The lowest BCUT2D eigenvalue weighted by Gasteiger charge is -2.31. The van der Waals surface area contributed by atoms with Crippen LogP contribution in [-0.4, -0.2) is 42.4 Å². The molecule has 2 aromatic rings. The molecule has 0 spiro atoms. The van der Waals surface area contributed by atoms with Gasteiger partial charge in [-0.25, -0.2) is 0 Å². The van der Waals surface area contributed by atoms with Gasteiger partial charge < -0.3 is 10.6 Å². The van der Waals surface area contributed by atoms with Gasteiger partial charge in [-0.05, 0) is 49.2 Å². The Morgan fingerprint density at radius 3 is 2.17 bits per heavy atom. The van der Waals surface area contributed by atoms with E-state index in [-0.39, 0.29) is 30.0 Å². The van der Waals surface area contributed by atoms with Gasteiger partial charge in [-0.3, -0.25) is 14.5 Å². The minimum Gasteiger partial charge on any atom is -0.349 e. The van der Waals surface area contributed by atoms with Crippen LogP contribution in [0, 0.1) is 0 Å². The van der Waals surface area contributed by atoms with Crippen LogP contribution in [0.15, 0.2) is 54.6 Å². The van der Waals surface area contributed by atoms with Gasteiger partial charge in [0.1, 0.15) is 0 Å². The van der Waals surface area contributed by atoms with E-state index < -0.39 is 11.7 Å². The van der Waals surface area contributed by atoms with Crippen LogP contribution in [0.1, 0.15) is 28.8 Å². The summed E-state index contributed by atoms with van der Waals surface area (Å²) in [5.74, 6) is -0.484. The van der Waals surface area contributed by atoms with Crippen molar-refractivity contribution in [3.63, 3.8) is 0 Å². The number of likely N-dealkylation sites (tertiary alicyclic amines) is 1. The van der Waals surface area contributed by atoms with E-state index in [0.29, 0.717) is 25.9 Å². The van der Waals surface area contributed by atoms with Crippen LogP contribution in [0.2, 0.25) is 0 Å². The maximum absolute atomic E-state index is 12.6. The summed E-state index contributed by atoms with van der Waals surface area (Å²) in [6.45, 7) is 1.58. The predicted molar refractivity (Wildman–Crippen MR) is 103 cm³/mol. The topological polar surface area (TPSA) is 61.4 Å². The van der Waals surface area contributed by atoms with Gasteiger partial charge in [0.05, 0.1) is 12.1 Å². The largest absolute Gasteiger partial charge is 0.416 e. The zero-order valence-corrected chi connectivity index (χ0v) is 15.7. The third-order valence-corrected chi connectivity index (χ3v) is 4.82. The highest BCUT2D eigenvalue weighted by molar-refractivity contribution is 5.94. The van der Waals surface area contributed by atoms with E-state index in [9.17, 15) is 22.8 Å². The second-order valence-electron chi connectivity index (χ2n) is 7.01. The molecule has 0 atom stereocenters. The van der Waals surface area contributed by atoms with Gasteiger partial charge in [0.25, 0.3) is 5.91 Å².